The third kappa shape index (κ3) is 2.19. The molecule has 0 N–H and O–H groups in total. The van der Waals surface area contributed by atoms with Crippen LogP contribution in [0.25, 0.3) is 0 Å². The Bertz CT molecular complexity index is 487. The van der Waals surface area contributed by atoms with E-state index >= 15 is 0 Å². The molecule has 0 bridgehead atoms. The van der Waals surface area contributed by atoms with E-state index in [2.05, 4.69) is 4.74 Å². The van der Waals surface area contributed by atoms with Crippen LogP contribution in [0.3, 0.4) is 0 Å². The molecular formula is C13H19BO5. The Hall–Kier alpha value is -1.27. The van der Waals surface area contributed by atoms with Crippen molar-refractivity contribution in [2.24, 2.45) is 0 Å². The Morgan fingerprint density at radius 2 is 1.74 bits per heavy atom. The van der Waals surface area contributed by atoms with Gasteiger partial charge in [0.1, 0.15) is 0 Å². The van der Waals surface area contributed by atoms with Crippen LogP contribution >= 0.6 is 0 Å². The SMILES string of the molecule is COC(=O)c1occ(B2OC(C)(C)C(C)(C)O2)c1C. The van der Waals surface area contributed by atoms with Crippen molar-refractivity contribution in [3.8, 4) is 0 Å². The van der Waals surface area contributed by atoms with Gasteiger partial charge in [-0.05, 0) is 34.6 Å². The van der Waals surface area contributed by atoms with E-state index < -0.39 is 24.3 Å². The van der Waals surface area contributed by atoms with Crippen molar-refractivity contribution in [2.45, 2.75) is 45.8 Å². The number of hydrogen-bond acceptors (Lipinski definition) is 5. The van der Waals surface area contributed by atoms with Crippen molar-refractivity contribution in [2.75, 3.05) is 7.11 Å². The van der Waals surface area contributed by atoms with Gasteiger partial charge in [-0.25, -0.2) is 4.79 Å². The molecule has 0 unspecified atom stereocenters. The van der Waals surface area contributed by atoms with Crippen molar-refractivity contribution < 1.29 is 23.3 Å². The minimum atomic E-state index is -0.535. The predicted molar refractivity (Wildman–Crippen MR) is 70.5 cm³/mol. The van der Waals surface area contributed by atoms with Gasteiger partial charge in [-0.15, -0.1) is 0 Å². The van der Waals surface area contributed by atoms with E-state index in [0.29, 0.717) is 5.56 Å². The molecule has 0 spiro atoms. The first-order valence-corrected chi connectivity index (χ1v) is 6.21. The van der Waals surface area contributed by atoms with Crippen LogP contribution in [0.2, 0.25) is 0 Å². The minimum Gasteiger partial charge on any atom is -0.463 e. The summed E-state index contributed by atoms with van der Waals surface area (Å²) in [5, 5.41) is 0. The summed E-state index contributed by atoms with van der Waals surface area (Å²) in [6, 6.07) is 0. The van der Waals surface area contributed by atoms with E-state index in [1.807, 2.05) is 27.7 Å². The molecule has 1 aliphatic rings. The lowest BCUT2D eigenvalue weighted by Crippen LogP contribution is -2.41. The maximum atomic E-state index is 11.5. The van der Waals surface area contributed by atoms with E-state index in [0.717, 1.165) is 5.46 Å². The lowest BCUT2D eigenvalue weighted by atomic mass is 9.78. The highest BCUT2D eigenvalue weighted by molar-refractivity contribution is 6.62. The molecule has 104 valence electrons. The van der Waals surface area contributed by atoms with Crippen LogP contribution in [-0.4, -0.2) is 31.4 Å². The molecule has 1 fully saturated rings. The van der Waals surface area contributed by atoms with Crippen molar-refractivity contribution in [3.63, 3.8) is 0 Å². The Kier molecular flexibility index (Phi) is 3.27. The Balaban J connectivity index is 2.31. The van der Waals surface area contributed by atoms with Crippen LogP contribution < -0.4 is 5.46 Å². The van der Waals surface area contributed by atoms with Crippen molar-refractivity contribution in [1.82, 2.24) is 0 Å². The van der Waals surface area contributed by atoms with Crippen LogP contribution in [0.1, 0.15) is 43.8 Å². The number of ether oxygens (including phenoxy) is 1. The molecule has 0 aliphatic carbocycles. The van der Waals surface area contributed by atoms with Gasteiger partial charge in [-0.1, -0.05) is 0 Å². The van der Waals surface area contributed by atoms with Crippen molar-refractivity contribution in [3.05, 3.63) is 17.6 Å². The second-order valence-electron chi connectivity index (χ2n) is 5.73. The average Bonchev–Trinajstić information content (AvgIpc) is 2.77. The van der Waals surface area contributed by atoms with Crippen LogP contribution in [0, 0.1) is 6.92 Å². The van der Waals surface area contributed by atoms with Gasteiger partial charge in [0.15, 0.2) is 0 Å². The number of esters is 1. The highest BCUT2D eigenvalue weighted by Gasteiger charge is 2.52. The molecule has 0 amide bonds. The Labute approximate surface area is 113 Å². The summed E-state index contributed by atoms with van der Waals surface area (Å²) in [5.74, 6) is -0.313. The van der Waals surface area contributed by atoms with Crippen molar-refractivity contribution in [1.29, 1.82) is 0 Å². The molecule has 1 aromatic rings. The quantitative estimate of drug-likeness (QED) is 0.602. The summed E-state index contributed by atoms with van der Waals surface area (Å²) in [5.41, 5.74) is 0.559. The molecule has 2 heterocycles. The molecule has 2 rings (SSSR count). The van der Waals surface area contributed by atoms with Gasteiger partial charge in [-0.3, -0.25) is 0 Å². The zero-order valence-electron chi connectivity index (χ0n) is 12.2. The second kappa shape index (κ2) is 4.39. The molecular weight excluding hydrogens is 247 g/mol. The fourth-order valence-corrected chi connectivity index (χ4v) is 1.93. The summed E-state index contributed by atoms with van der Waals surface area (Å²) in [6.45, 7) is 9.69. The summed E-state index contributed by atoms with van der Waals surface area (Å²) in [7, 11) is 0.783. The van der Waals surface area contributed by atoms with Gasteiger partial charge in [0, 0.05) is 11.0 Å². The molecule has 1 aromatic heterocycles. The van der Waals surface area contributed by atoms with Crippen LogP contribution in [0.15, 0.2) is 10.7 Å². The zero-order valence-corrected chi connectivity index (χ0v) is 12.2. The molecule has 19 heavy (non-hydrogen) atoms. The fourth-order valence-electron chi connectivity index (χ4n) is 1.93. The lowest BCUT2D eigenvalue weighted by Gasteiger charge is -2.32. The van der Waals surface area contributed by atoms with Crippen LogP contribution in [-0.2, 0) is 14.0 Å². The first-order valence-electron chi connectivity index (χ1n) is 6.21. The summed E-state index contributed by atoms with van der Waals surface area (Å²) >= 11 is 0. The molecule has 5 nitrogen and oxygen atoms in total. The third-order valence-electron chi connectivity index (χ3n) is 3.96. The molecule has 0 radical (unpaired) electrons. The first-order chi connectivity index (χ1) is 8.69. The standard InChI is InChI=1S/C13H19BO5/c1-8-9(7-17-10(8)11(15)16-6)14-18-12(2,3)13(4,5)19-14/h7H,1-6H3. The number of methoxy groups -OCH3 is 1. The number of carbonyl (C=O) groups is 1. The van der Waals surface area contributed by atoms with Gasteiger partial charge in [0.2, 0.25) is 5.76 Å². The normalized spacial score (nSPS) is 20.6. The highest BCUT2D eigenvalue weighted by atomic mass is 16.7. The van der Waals surface area contributed by atoms with Crippen LogP contribution in [0.4, 0.5) is 0 Å². The highest BCUT2D eigenvalue weighted by Crippen LogP contribution is 2.36. The lowest BCUT2D eigenvalue weighted by molar-refractivity contribution is 0.00578. The number of furan rings is 1. The largest absolute Gasteiger partial charge is 0.498 e. The van der Waals surface area contributed by atoms with E-state index in [4.69, 9.17) is 13.7 Å². The molecule has 0 aromatic carbocycles. The smallest absolute Gasteiger partial charge is 0.463 e. The van der Waals surface area contributed by atoms with Gasteiger partial charge in [0.25, 0.3) is 0 Å². The number of carbonyl (C=O) groups excluding carboxylic acids is 1. The van der Waals surface area contributed by atoms with E-state index in [1.54, 1.807) is 6.92 Å². The van der Waals surface area contributed by atoms with Crippen molar-refractivity contribution >= 4 is 18.6 Å². The summed E-state index contributed by atoms with van der Waals surface area (Å²) < 4.78 is 21.8. The summed E-state index contributed by atoms with van der Waals surface area (Å²) in [6.07, 6.45) is 1.49. The van der Waals surface area contributed by atoms with E-state index in [1.165, 1.54) is 13.4 Å². The molecule has 0 atom stereocenters. The molecule has 0 saturated carbocycles. The van der Waals surface area contributed by atoms with Crippen LogP contribution in [0.5, 0.6) is 0 Å². The molecule has 1 saturated heterocycles. The van der Waals surface area contributed by atoms with E-state index in [9.17, 15) is 4.79 Å². The Morgan fingerprint density at radius 1 is 1.21 bits per heavy atom. The van der Waals surface area contributed by atoms with Gasteiger partial charge >= 0.3 is 13.1 Å². The maximum Gasteiger partial charge on any atom is 0.498 e. The fraction of sp³-hybridized carbons (Fsp3) is 0.615. The number of rotatable bonds is 2. The van der Waals surface area contributed by atoms with E-state index in [-0.39, 0.29) is 5.76 Å². The predicted octanol–water partition coefficient (Wildman–Crippen LogP) is 1.67. The molecule has 1 aliphatic heterocycles. The topological polar surface area (TPSA) is 57.9 Å². The summed E-state index contributed by atoms with van der Waals surface area (Å²) in [4.78, 5) is 11.5. The van der Waals surface area contributed by atoms with Gasteiger partial charge in [-0.2, -0.15) is 0 Å². The van der Waals surface area contributed by atoms with Gasteiger partial charge in [0.05, 0.1) is 24.6 Å². The Morgan fingerprint density at radius 3 is 2.21 bits per heavy atom. The monoisotopic (exact) mass is 266 g/mol. The molecule has 6 heteroatoms. The minimum absolute atomic E-state index is 0.187. The second-order valence-corrected chi connectivity index (χ2v) is 5.73. The first kappa shape index (κ1) is 14.2. The third-order valence-corrected chi connectivity index (χ3v) is 3.96. The maximum absolute atomic E-state index is 11.5. The van der Waals surface area contributed by atoms with Gasteiger partial charge < -0.3 is 18.5 Å². The zero-order chi connectivity index (χ0) is 14.4. The average molecular weight is 266 g/mol. The number of hydrogen-bond donors (Lipinski definition) is 0.